The lowest BCUT2D eigenvalue weighted by Gasteiger charge is -2.01. The second-order valence-electron chi connectivity index (χ2n) is 4.19. The predicted molar refractivity (Wildman–Crippen MR) is 70.1 cm³/mol. The molecule has 5 heteroatoms. The summed E-state index contributed by atoms with van der Waals surface area (Å²) in [6.07, 6.45) is 1.71. The van der Waals surface area contributed by atoms with Crippen LogP contribution in [0.2, 0.25) is 0 Å². The van der Waals surface area contributed by atoms with Gasteiger partial charge in [0, 0.05) is 18.0 Å². The Morgan fingerprint density at radius 3 is 2.83 bits per heavy atom. The molecule has 2 aromatic heterocycles. The molecule has 0 bridgehead atoms. The van der Waals surface area contributed by atoms with E-state index in [9.17, 15) is 5.11 Å². The standard InChI is InChI=1S/C13H12N4O/c1-7-4-5-15-13-11(7)16-12(17-13)9-3-2-8(14)6-10(9)18/h2-6,18H,14H2,1H3,(H,15,16,17). The quantitative estimate of drug-likeness (QED) is 0.569. The van der Waals surface area contributed by atoms with Gasteiger partial charge in [0.25, 0.3) is 0 Å². The second kappa shape index (κ2) is 3.73. The van der Waals surface area contributed by atoms with Crippen molar-refractivity contribution in [1.82, 2.24) is 15.0 Å². The van der Waals surface area contributed by atoms with Gasteiger partial charge in [-0.3, -0.25) is 0 Å². The van der Waals surface area contributed by atoms with Crippen LogP contribution in [0.5, 0.6) is 5.75 Å². The van der Waals surface area contributed by atoms with E-state index in [0.29, 0.717) is 22.7 Å². The first-order chi connectivity index (χ1) is 8.65. The second-order valence-corrected chi connectivity index (χ2v) is 4.19. The number of nitrogens with two attached hydrogens (primary N) is 1. The van der Waals surface area contributed by atoms with Gasteiger partial charge in [0.15, 0.2) is 5.65 Å². The van der Waals surface area contributed by atoms with Crippen molar-refractivity contribution in [2.45, 2.75) is 6.92 Å². The lowest BCUT2D eigenvalue weighted by atomic mass is 10.2. The SMILES string of the molecule is Cc1ccnc2nc(-c3ccc(N)cc3O)[nH]c12. The number of rotatable bonds is 1. The Hall–Kier alpha value is -2.56. The molecule has 5 nitrogen and oxygen atoms in total. The van der Waals surface area contributed by atoms with E-state index in [0.717, 1.165) is 11.1 Å². The fraction of sp³-hybridized carbons (Fsp3) is 0.0769. The van der Waals surface area contributed by atoms with Gasteiger partial charge in [0.1, 0.15) is 11.6 Å². The molecule has 0 aliphatic rings. The van der Waals surface area contributed by atoms with Crippen molar-refractivity contribution < 1.29 is 5.11 Å². The molecule has 1 aromatic carbocycles. The molecule has 3 aromatic rings. The minimum absolute atomic E-state index is 0.103. The van der Waals surface area contributed by atoms with Crippen molar-refractivity contribution in [2.24, 2.45) is 0 Å². The number of hydrogen-bond donors (Lipinski definition) is 3. The molecule has 0 aliphatic carbocycles. The van der Waals surface area contributed by atoms with E-state index < -0.39 is 0 Å². The van der Waals surface area contributed by atoms with Crippen molar-refractivity contribution in [3.05, 3.63) is 36.0 Å². The number of H-pyrrole nitrogens is 1. The third-order valence-corrected chi connectivity index (χ3v) is 2.88. The zero-order chi connectivity index (χ0) is 12.7. The number of phenolic OH excluding ortho intramolecular Hbond substituents is 1. The molecule has 90 valence electrons. The molecule has 0 unspecified atom stereocenters. The lowest BCUT2D eigenvalue weighted by Crippen LogP contribution is -1.86. The summed E-state index contributed by atoms with van der Waals surface area (Å²) in [5.41, 5.74) is 9.31. The molecule has 0 amide bonds. The normalized spacial score (nSPS) is 10.9. The third-order valence-electron chi connectivity index (χ3n) is 2.88. The number of aromatic amines is 1. The summed E-state index contributed by atoms with van der Waals surface area (Å²) in [4.78, 5) is 11.7. The third kappa shape index (κ3) is 1.57. The Labute approximate surface area is 103 Å². The van der Waals surface area contributed by atoms with Gasteiger partial charge in [-0.1, -0.05) is 0 Å². The van der Waals surface area contributed by atoms with Crippen molar-refractivity contribution in [2.75, 3.05) is 5.73 Å². The van der Waals surface area contributed by atoms with Crippen molar-refractivity contribution in [1.29, 1.82) is 0 Å². The smallest absolute Gasteiger partial charge is 0.178 e. The molecule has 4 N–H and O–H groups in total. The van der Waals surface area contributed by atoms with E-state index in [1.807, 2.05) is 13.0 Å². The number of aromatic nitrogens is 3. The Morgan fingerprint density at radius 2 is 2.11 bits per heavy atom. The number of anilines is 1. The Kier molecular flexibility index (Phi) is 2.19. The molecule has 0 atom stereocenters. The highest BCUT2D eigenvalue weighted by atomic mass is 16.3. The fourth-order valence-electron chi connectivity index (χ4n) is 1.91. The van der Waals surface area contributed by atoms with Crippen LogP contribution in [0.1, 0.15) is 5.56 Å². The topological polar surface area (TPSA) is 87.8 Å². The van der Waals surface area contributed by atoms with Gasteiger partial charge in [-0.15, -0.1) is 0 Å². The highest BCUT2D eigenvalue weighted by molar-refractivity contribution is 5.80. The van der Waals surface area contributed by atoms with E-state index in [1.54, 1.807) is 18.3 Å². The molecule has 0 aliphatic heterocycles. The summed E-state index contributed by atoms with van der Waals surface area (Å²) in [5, 5.41) is 9.88. The number of nitrogens with zero attached hydrogens (tertiary/aromatic N) is 2. The van der Waals surface area contributed by atoms with Crippen LogP contribution in [0.15, 0.2) is 30.5 Å². The van der Waals surface area contributed by atoms with Crippen LogP contribution < -0.4 is 5.73 Å². The van der Waals surface area contributed by atoms with Gasteiger partial charge in [0.2, 0.25) is 0 Å². The maximum atomic E-state index is 9.88. The maximum absolute atomic E-state index is 9.88. The van der Waals surface area contributed by atoms with Gasteiger partial charge in [-0.2, -0.15) is 0 Å². The largest absolute Gasteiger partial charge is 0.507 e. The van der Waals surface area contributed by atoms with E-state index in [2.05, 4.69) is 15.0 Å². The summed E-state index contributed by atoms with van der Waals surface area (Å²) >= 11 is 0. The first-order valence-electron chi connectivity index (χ1n) is 5.55. The molecule has 0 radical (unpaired) electrons. The fourth-order valence-corrected chi connectivity index (χ4v) is 1.91. The van der Waals surface area contributed by atoms with Gasteiger partial charge >= 0.3 is 0 Å². The highest BCUT2D eigenvalue weighted by Gasteiger charge is 2.11. The van der Waals surface area contributed by atoms with Crippen molar-refractivity contribution in [3.63, 3.8) is 0 Å². The molecule has 0 spiro atoms. The Bertz CT molecular complexity index is 733. The maximum Gasteiger partial charge on any atom is 0.178 e. The molecule has 0 saturated carbocycles. The van der Waals surface area contributed by atoms with E-state index in [4.69, 9.17) is 5.73 Å². The van der Waals surface area contributed by atoms with Crippen LogP contribution in [0.4, 0.5) is 5.69 Å². The van der Waals surface area contributed by atoms with Gasteiger partial charge in [0.05, 0.1) is 11.1 Å². The number of imidazole rings is 1. The van der Waals surface area contributed by atoms with Crippen LogP contribution >= 0.6 is 0 Å². The zero-order valence-electron chi connectivity index (χ0n) is 9.81. The zero-order valence-corrected chi connectivity index (χ0v) is 9.81. The van der Waals surface area contributed by atoms with Gasteiger partial charge < -0.3 is 15.8 Å². The van der Waals surface area contributed by atoms with Crippen LogP contribution in [0.25, 0.3) is 22.6 Å². The molecule has 2 heterocycles. The molecule has 0 saturated heterocycles. The molecule has 3 rings (SSSR count). The van der Waals surface area contributed by atoms with Gasteiger partial charge in [-0.05, 0) is 30.7 Å². The first-order valence-corrected chi connectivity index (χ1v) is 5.55. The van der Waals surface area contributed by atoms with Crippen LogP contribution in [-0.4, -0.2) is 20.1 Å². The summed E-state index contributed by atoms with van der Waals surface area (Å²) < 4.78 is 0. The summed E-state index contributed by atoms with van der Waals surface area (Å²) in [5.74, 6) is 0.691. The highest BCUT2D eigenvalue weighted by Crippen LogP contribution is 2.30. The number of hydrogen-bond acceptors (Lipinski definition) is 4. The van der Waals surface area contributed by atoms with E-state index in [-0.39, 0.29) is 5.75 Å². The Balaban J connectivity index is 2.23. The van der Waals surface area contributed by atoms with Crippen LogP contribution in [0, 0.1) is 6.92 Å². The Morgan fingerprint density at radius 1 is 1.28 bits per heavy atom. The minimum atomic E-state index is 0.103. The number of nitrogens with one attached hydrogen (secondary N) is 1. The minimum Gasteiger partial charge on any atom is -0.507 e. The van der Waals surface area contributed by atoms with Gasteiger partial charge in [-0.25, -0.2) is 9.97 Å². The van der Waals surface area contributed by atoms with Crippen molar-refractivity contribution in [3.8, 4) is 17.1 Å². The van der Waals surface area contributed by atoms with Crippen molar-refractivity contribution >= 4 is 16.9 Å². The number of aryl methyl sites for hydroxylation is 1. The number of fused-ring (bicyclic) bond motifs is 1. The molecule has 18 heavy (non-hydrogen) atoms. The van der Waals surface area contributed by atoms with Crippen LogP contribution in [0.3, 0.4) is 0 Å². The summed E-state index contributed by atoms with van der Waals surface area (Å²) in [6.45, 7) is 1.98. The molecular weight excluding hydrogens is 228 g/mol. The molecular formula is C13H12N4O. The summed E-state index contributed by atoms with van der Waals surface area (Å²) in [6, 6.07) is 6.87. The average Bonchev–Trinajstić information content (AvgIpc) is 2.74. The number of phenols is 1. The molecule has 0 fully saturated rings. The monoisotopic (exact) mass is 240 g/mol. The number of benzene rings is 1. The predicted octanol–water partition coefficient (Wildman–Crippen LogP) is 2.22. The summed E-state index contributed by atoms with van der Waals surface area (Å²) in [7, 11) is 0. The lowest BCUT2D eigenvalue weighted by molar-refractivity contribution is 0.477. The van der Waals surface area contributed by atoms with Crippen LogP contribution in [-0.2, 0) is 0 Å². The number of aromatic hydroxyl groups is 1. The number of nitrogen functional groups attached to an aromatic ring is 1. The first kappa shape index (κ1) is 10.6. The van der Waals surface area contributed by atoms with E-state index >= 15 is 0 Å². The van der Waals surface area contributed by atoms with E-state index in [1.165, 1.54) is 6.07 Å². The number of pyridine rings is 1. The average molecular weight is 240 g/mol.